The second-order valence-electron chi connectivity index (χ2n) is 5.26. The van der Waals surface area contributed by atoms with Gasteiger partial charge in [-0.1, -0.05) is 31.2 Å². The largest absolute Gasteiger partial charge is 0.387 e. The number of hydrazine groups is 1. The van der Waals surface area contributed by atoms with Crippen LogP contribution in [0.25, 0.3) is 0 Å². The lowest BCUT2D eigenvalue weighted by atomic mass is 10.1. The van der Waals surface area contributed by atoms with Crippen molar-refractivity contribution in [3.05, 3.63) is 35.4 Å². The van der Waals surface area contributed by atoms with Crippen LogP contribution in [0.3, 0.4) is 0 Å². The van der Waals surface area contributed by atoms with Crippen LogP contribution in [0.1, 0.15) is 24.2 Å². The average molecular weight is 263 g/mol. The fourth-order valence-corrected chi connectivity index (χ4v) is 2.27. The number of piperazine rings is 1. The number of likely N-dealkylation sites (N-methyl/N-ethyl adjacent to an activating group) is 1. The molecule has 19 heavy (non-hydrogen) atoms. The molecule has 2 N–H and O–H groups in total. The van der Waals surface area contributed by atoms with Gasteiger partial charge in [0.15, 0.2) is 0 Å². The van der Waals surface area contributed by atoms with Gasteiger partial charge in [-0.2, -0.15) is 0 Å². The third-order valence-corrected chi connectivity index (χ3v) is 3.78. The van der Waals surface area contributed by atoms with Crippen molar-refractivity contribution < 1.29 is 5.11 Å². The maximum atomic E-state index is 10.2. The van der Waals surface area contributed by atoms with Crippen molar-refractivity contribution in [3.63, 3.8) is 0 Å². The number of hydrogen-bond donors (Lipinski definition) is 2. The lowest BCUT2D eigenvalue weighted by Crippen LogP contribution is -2.51. The summed E-state index contributed by atoms with van der Waals surface area (Å²) in [5.74, 6) is 0. The van der Waals surface area contributed by atoms with Gasteiger partial charge in [-0.25, -0.2) is 5.01 Å². The Labute approximate surface area is 116 Å². The zero-order chi connectivity index (χ0) is 13.7. The van der Waals surface area contributed by atoms with E-state index in [0.29, 0.717) is 6.54 Å². The molecule has 1 aliphatic heterocycles. The van der Waals surface area contributed by atoms with E-state index in [2.05, 4.69) is 41.4 Å². The van der Waals surface area contributed by atoms with Crippen molar-refractivity contribution in [2.24, 2.45) is 0 Å². The zero-order valence-corrected chi connectivity index (χ0v) is 12.0. The molecule has 0 bridgehead atoms. The van der Waals surface area contributed by atoms with Crippen LogP contribution in [0, 0.1) is 0 Å². The van der Waals surface area contributed by atoms with Crippen LogP contribution >= 0.6 is 0 Å². The van der Waals surface area contributed by atoms with Gasteiger partial charge < -0.3 is 10.0 Å². The fraction of sp³-hybridized carbons (Fsp3) is 0.600. The Morgan fingerprint density at radius 1 is 1.16 bits per heavy atom. The second-order valence-corrected chi connectivity index (χ2v) is 5.26. The molecule has 0 saturated carbocycles. The molecule has 0 aromatic heterocycles. The van der Waals surface area contributed by atoms with Gasteiger partial charge in [0, 0.05) is 32.7 Å². The average Bonchev–Trinajstić information content (AvgIpc) is 2.46. The predicted molar refractivity (Wildman–Crippen MR) is 77.9 cm³/mol. The number of aliphatic hydroxyl groups is 1. The summed E-state index contributed by atoms with van der Waals surface area (Å²) in [5, 5.41) is 12.4. The maximum Gasteiger partial charge on any atom is 0.0928 e. The molecule has 0 amide bonds. The summed E-state index contributed by atoms with van der Waals surface area (Å²) in [7, 11) is 2.14. The minimum atomic E-state index is -0.439. The third kappa shape index (κ3) is 4.28. The first kappa shape index (κ1) is 14.5. The molecular weight excluding hydrogens is 238 g/mol. The maximum absolute atomic E-state index is 10.2. The van der Waals surface area contributed by atoms with Crippen molar-refractivity contribution in [2.75, 3.05) is 39.8 Å². The monoisotopic (exact) mass is 263 g/mol. The van der Waals surface area contributed by atoms with E-state index in [-0.39, 0.29) is 0 Å². The highest BCUT2D eigenvalue weighted by Crippen LogP contribution is 2.13. The number of aliphatic hydroxyl groups excluding tert-OH is 1. The fourth-order valence-electron chi connectivity index (χ4n) is 2.27. The smallest absolute Gasteiger partial charge is 0.0928 e. The molecule has 0 spiro atoms. The van der Waals surface area contributed by atoms with Crippen molar-refractivity contribution in [1.29, 1.82) is 0 Å². The Bertz CT molecular complexity index is 371. The Morgan fingerprint density at radius 3 is 2.37 bits per heavy atom. The molecule has 1 unspecified atom stereocenters. The predicted octanol–water partition coefficient (Wildman–Crippen LogP) is 1.03. The SMILES string of the molecule is CCc1ccc(C(O)CNN2CCN(C)CC2)cc1. The minimum absolute atomic E-state index is 0.439. The van der Waals surface area contributed by atoms with E-state index in [4.69, 9.17) is 0 Å². The summed E-state index contributed by atoms with van der Waals surface area (Å²) in [4.78, 5) is 2.32. The van der Waals surface area contributed by atoms with Gasteiger partial charge in [0.1, 0.15) is 0 Å². The van der Waals surface area contributed by atoms with Crippen LogP contribution in [-0.4, -0.2) is 54.8 Å². The Morgan fingerprint density at radius 2 is 1.79 bits per heavy atom. The van der Waals surface area contributed by atoms with Crippen molar-refractivity contribution in [2.45, 2.75) is 19.4 Å². The first-order valence-electron chi connectivity index (χ1n) is 7.13. The lowest BCUT2D eigenvalue weighted by molar-refractivity contribution is 0.0744. The molecule has 0 aliphatic carbocycles. The van der Waals surface area contributed by atoms with E-state index in [1.807, 2.05) is 12.1 Å². The molecule has 1 saturated heterocycles. The summed E-state index contributed by atoms with van der Waals surface area (Å²) in [5.41, 5.74) is 5.62. The van der Waals surface area contributed by atoms with Crippen molar-refractivity contribution in [3.8, 4) is 0 Å². The van der Waals surface area contributed by atoms with E-state index in [1.54, 1.807) is 0 Å². The Kier molecular flexibility index (Phi) is 5.34. The van der Waals surface area contributed by atoms with Gasteiger partial charge in [0.2, 0.25) is 0 Å². The summed E-state index contributed by atoms with van der Waals surface area (Å²) in [6.45, 7) is 6.90. The van der Waals surface area contributed by atoms with E-state index < -0.39 is 6.10 Å². The van der Waals surface area contributed by atoms with Crippen LogP contribution in [0.5, 0.6) is 0 Å². The van der Waals surface area contributed by atoms with Gasteiger partial charge in [-0.3, -0.25) is 5.43 Å². The zero-order valence-electron chi connectivity index (χ0n) is 12.0. The molecule has 106 valence electrons. The molecule has 1 fully saturated rings. The molecule has 1 aromatic carbocycles. The normalized spacial score (nSPS) is 19.5. The molecule has 0 radical (unpaired) electrons. The summed E-state index contributed by atoms with van der Waals surface area (Å²) in [6.07, 6.45) is 0.598. The molecule has 4 heteroatoms. The Balaban J connectivity index is 1.78. The van der Waals surface area contributed by atoms with Crippen LogP contribution < -0.4 is 5.43 Å². The second kappa shape index (κ2) is 7.01. The molecule has 1 aliphatic rings. The quantitative estimate of drug-likeness (QED) is 0.832. The summed E-state index contributed by atoms with van der Waals surface area (Å²) in [6, 6.07) is 8.23. The third-order valence-electron chi connectivity index (χ3n) is 3.78. The molecule has 1 atom stereocenters. The number of nitrogens with zero attached hydrogens (tertiary/aromatic N) is 2. The van der Waals surface area contributed by atoms with Crippen LogP contribution in [-0.2, 0) is 6.42 Å². The van der Waals surface area contributed by atoms with E-state index in [9.17, 15) is 5.11 Å². The Hall–Kier alpha value is -0.940. The lowest BCUT2D eigenvalue weighted by Gasteiger charge is -2.33. The standard InChI is InChI=1S/C15H25N3O/c1-3-13-4-6-14(7-5-13)15(19)12-16-18-10-8-17(2)9-11-18/h4-7,15-16,19H,3,8-12H2,1-2H3. The minimum Gasteiger partial charge on any atom is -0.387 e. The number of hydrogen-bond acceptors (Lipinski definition) is 4. The van der Waals surface area contributed by atoms with Gasteiger partial charge >= 0.3 is 0 Å². The number of aryl methyl sites for hydroxylation is 1. The summed E-state index contributed by atoms with van der Waals surface area (Å²) >= 11 is 0. The molecule has 1 aromatic rings. The highest BCUT2D eigenvalue weighted by Gasteiger charge is 2.15. The van der Waals surface area contributed by atoms with Crippen molar-refractivity contribution >= 4 is 0 Å². The first-order valence-corrected chi connectivity index (χ1v) is 7.13. The van der Waals surface area contributed by atoms with Crippen molar-refractivity contribution in [1.82, 2.24) is 15.3 Å². The van der Waals surface area contributed by atoms with E-state index in [1.165, 1.54) is 5.56 Å². The van der Waals surface area contributed by atoms with Gasteiger partial charge in [0.05, 0.1) is 6.10 Å². The molecule has 1 heterocycles. The van der Waals surface area contributed by atoms with Gasteiger partial charge in [-0.15, -0.1) is 0 Å². The highest BCUT2D eigenvalue weighted by molar-refractivity contribution is 5.24. The molecule has 4 nitrogen and oxygen atoms in total. The number of rotatable bonds is 5. The number of nitrogens with one attached hydrogen (secondary N) is 1. The topological polar surface area (TPSA) is 38.7 Å². The molecular formula is C15H25N3O. The van der Waals surface area contributed by atoms with E-state index >= 15 is 0 Å². The van der Waals surface area contributed by atoms with Gasteiger partial charge in [0.25, 0.3) is 0 Å². The molecule has 2 rings (SSSR count). The number of benzene rings is 1. The summed E-state index contributed by atoms with van der Waals surface area (Å²) < 4.78 is 0. The van der Waals surface area contributed by atoms with Crippen LogP contribution in [0.4, 0.5) is 0 Å². The van der Waals surface area contributed by atoms with Gasteiger partial charge in [-0.05, 0) is 24.6 Å². The first-order chi connectivity index (χ1) is 9.19. The highest BCUT2D eigenvalue weighted by atomic mass is 16.3. The van der Waals surface area contributed by atoms with E-state index in [0.717, 1.165) is 38.2 Å². The van der Waals surface area contributed by atoms with Crippen LogP contribution in [0.2, 0.25) is 0 Å². The van der Waals surface area contributed by atoms with Crippen LogP contribution in [0.15, 0.2) is 24.3 Å².